The van der Waals surface area contributed by atoms with Gasteiger partial charge in [0.25, 0.3) is 0 Å². The average Bonchev–Trinajstić information content (AvgIpc) is 2.46. The SMILES string of the molecule is [CH2]CCCCCCCCCCCCCCCCCC(C)C. The summed E-state index contributed by atoms with van der Waals surface area (Å²) in [5.74, 6) is 0.897. The molecular formula is C21H43. The van der Waals surface area contributed by atoms with E-state index in [1.807, 2.05) is 0 Å². The first-order valence-electron chi connectivity index (χ1n) is 10.1. The summed E-state index contributed by atoms with van der Waals surface area (Å²) in [7, 11) is 0. The quantitative estimate of drug-likeness (QED) is 0.238. The fraction of sp³-hybridized carbons (Fsp3) is 0.952. The van der Waals surface area contributed by atoms with Crippen LogP contribution in [0.4, 0.5) is 0 Å². The summed E-state index contributed by atoms with van der Waals surface area (Å²) in [4.78, 5) is 0. The molecule has 0 saturated carbocycles. The molecule has 21 heavy (non-hydrogen) atoms. The number of hydrogen-bond acceptors (Lipinski definition) is 0. The summed E-state index contributed by atoms with van der Waals surface area (Å²) >= 11 is 0. The van der Waals surface area contributed by atoms with Gasteiger partial charge in [-0.2, -0.15) is 0 Å². The molecule has 0 spiro atoms. The second kappa shape index (κ2) is 18.1. The third-order valence-electron chi connectivity index (χ3n) is 4.53. The van der Waals surface area contributed by atoms with Gasteiger partial charge in [-0.05, 0) is 5.92 Å². The lowest BCUT2D eigenvalue weighted by Gasteiger charge is -2.05. The minimum atomic E-state index is 0.897. The van der Waals surface area contributed by atoms with Gasteiger partial charge in [0, 0.05) is 0 Å². The highest BCUT2D eigenvalue weighted by Gasteiger charge is 1.96. The van der Waals surface area contributed by atoms with Gasteiger partial charge >= 0.3 is 0 Å². The predicted molar refractivity (Wildman–Crippen MR) is 98.7 cm³/mol. The lowest BCUT2D eigenvalue weighted by Crippen LogP contribution is -1.87. The van der Waals surface area contributed by atoms with Crippen LogP contribution in [0.25, 0.3) is 0 Å². The van der Waals surface area contributed by atoms with E-state index < -0.39 is 0 Å². The van der Waals surface area contributed by atoms with Crippen LogP contribution < -0.4 is 0 Å². The van der Waals surface area contributed by atoms with Crippen molar-refractivity contribution in [3.05, 3.63) is 6.92 Å². The molecule has 0 unspecified atom stereocenters. The molecule has 127 valence electrons. The molecular weight excluding hydrogens is 252 g/mol. The van der Waals surface area contributed by atoms with Crippen LogP contribution in [-0.4, -0.2) is 0 Å². The Morgan fingerprint density at radius 1 is 0.476 bits per heavy atom. The van der Waals surface area contributed by atoms with Crippen LogP contribution in [0.2, 0.25) is 0 Å². The Balaban J connectivity index is 2.93. The molecule has 0 aliphatic heterocycles. The van der Waals surface area contributed by atoms with Crippen molar-refractivity contribution in [1.82, 2.24) is 0 Å². The standard InChI is InChI=1S/C21H43/c1-4-5-6-7-8-9-10-11-12-13-14-15-16-17-18-19-20-21(2)3/h21H,1,4-20H2,2-3H3. The molecule has 0 amide bonds. The second-order valence-electron chi connectivity index (χ2n) is 7.34. The summed E-state index contributed by atoms with van der Waals surface area (Å²) in [6, 6.07) is 0. The van der Waals surface area contributed by atoms with Crippen LogP contribution in [0.5, 0.6) is 0 Å². The van der Waals surface area contributed by atoms with Crippen molar-refractivity contribution in [1.29, 1.82) is 0 Å². The third-order valence-corrected chi connectivity index (χ3v) is 4.53. The van der Waals surface area contributed by atoms with Crippen LogP contribution in [0.1, 0.15) is 123 Å². The van der Waals surface area contributed by atoms with Crippen LogP contribution in [0, 0.1) is 12.8 Å². The Hall–Kier alpha value is 0. The van der Waals surface area contributed by atoms with Gasteiger partial charge in [0.2, 0.25) is 0 Å². The fourth-order valence-corrected chi connectivity index (χ4v) is 3.03. The first kappa shape index (κ1) is 21.0. The molecule has 0 aliphatic rings. The van der Waals surface area contributed by atoms with E-state index in [1.54, 1.807) is 0 Å². The van der Waals surface area contributed by atoms with E-state index in [0.29, 0.717) is 0 Å². The summed E-state index contributed by atoms with van der Waals surface area (Å²) in [5, 5.41) is 0. The summed E-state index contributed by atoms with van der Waals surface area (Å²) in [6.07, 6.45) is 24.4. The number of unbranched alkanes of at least 4 members (excludes halogenated alkanes) is 15. The molecule has 0 heterocycles. The Labute approximate surface area is 136 Å². The molecule has 0 aromatic heterocycles. The maximum Gasteiger partial charge on any atom is -0.0471 e. The maximum atomic E-state index is 3.90. The third kappa shape index (κ3) is 20.0. The Kier molecular flexibility index (Phi) is 18.1. The van der Waals surface area contributed by atoms with Crippen molar-refractivity contribution in [2.75, 3.05) is 0 Å². The summed E-state index contributed by atoms with van der Waals surface area (Å²) in [6.45, 7) is 8.57. The van der Waals surface area contributed by atoms with E-state index in [1.165, 1.54) is 103 Å². The van der Waals surface area contributed by atoms with Gasteiger partial charge in [-0.25, -0.2) is 0 Å². The molecule has 1 radical (unpaired) electrons. The Morgan fingerprint density at radius 3 is 1.05 bits per heavy atom. The van der Waals surface area contributed by atoms with E-state index in [0.717, 1.165) is 12.3 Å². The summed E-state index contributed by atoms with van der Waals surface area (Å²) in [5.41, 5.74) is 0. The smallest absolute Gasteiger partial charge is 0.0471 e. The molecule has 0 N–H and O–H groups in total. The first-order chi connectivity index (χ1) is 10.3. The molecule has 0 aromatic carbocycles. The van der Waals surface area contributed by atoms with Gasteiger partial charge in [0.05, 0.1) is 0 Å². The van der Waals surface area contributed by atoms with Gasteiger partial charge in [-0.1, -0.05) is 130 Å². The maximum absolute atomic E-state index is 3.90. The topological polar surface area (TPSA) is 0 Å². The van der Waals surface area contributed by atoms with Crippen LogP contribution in [0.3, 0.4) is 0 Å². The first-order valence-corrected chi connectivity index (χ1v) is 10.1. The molecule has 0 aliphatic carbocycles. The minimum absolute atomic E-state index is 0.897. The van der Waals surface area contributed by atoms with Crippen molar-refractivity contribution in [3.63, 3.8) is 0 Å². The van der Waals surface area contributed by atoms with E-state index in [9.17, 15) is 0 Å². The molecule has 0 nitrogen and oxygen atoms in total. The van der Waals surface area contributed by atoms with E-state index in [4.69, 9.17) is 0 Å². The number of rotatable bonds is 17. The predicted octanol–water partition coefficient (Wildman–Crippen LogP) is 8.11. The molecule has 0 saturated heterocycles. The largest absolute Gasteiger partial charge is 0.0628 e. The number of hydrogen-bond donors (Lipinski definition) is 0. The van der Waals surface area contributed by atoms with Crippen molar-refractivity contribution in [2.24, 2.45) is 5.92 Å². The molecule has 0 heteroatoms. The Bertz CT molecular complexity index is 171. The average molecular weight is 296 g/mol. The van der Waals surface area contributed by atoms with Gasteiger partial charge < -0.3 is 0 Å². The van der Waals surface area contributed by atoms with Crippen molar-refractivity contribution in [3.8, 4) is 0 Å². The van der Waals surface area contributed by atoms with E-state index >= 15 is 0 Å². The van der Waals surface area contributed by atoms with Gasteiger partial charge in [0.1, 0.15) is 0 Å². The highest BCUT2D eigenvalue weighted by molar-refractivity contribution is 4.51. The Morgan fingerprint density at radius 2 is 0.762 bits per heavy atom. The van der Waals surface area contributed by atoms with Crippen molar-refractivity contribution >= 4 is 0 Å². The zero-order valence-electron chi connectivity index (χ0n) is 15.3. The summed E-state index contributed by atoms with van der Waals surface area (Å²) < 4.78 is 0. The molecule has 0 rings (SSSR count). The normalized spacial score (nSPS) is 11.4. The van der Waals surface area contributed by atoms with Crippen molar-refractivity contribution in [2.45, 2.75) is 123 Å². The molecule has 0 bridgehead atoms. The van der Waals surface area contributed by atoms with Gasteiger partial charge in [-0.3, -0.25) is 0 Å². The van der Waals surface area contributed by atoms with Crippen molar-refractivity contribution < 1.29 is 0 Å². The highest BCUT2D eigenvalue weighted by atomic mass is 14.0. The van der Waals surface area contributed by atoms with Crippen LogP contribution in [0.15, 0.2) is 0 Å². The van der Waals surface area contributed by atoms with Crippen LogP contribution in [-0.2, 0) is 0 Å². The van der Waals surface area contributed by atoms with Crippen LogP contribution >= 0.6 is 0 Å². The minimum Gasteiger partial charge on any atom is -0.0628 e. The molecule has 0 fully saturated rings. The highest BCUT2D eigenvalue weighted by Crippen LogP contribution is 2.14. The second-order valence-corrected chi connectivity index (χ2v) is 7.34. The fourth-order valence-electron chi connectivity index (χ4n) is 3.03. The van der Waals surface area contributed by atoms with Gasteiger partial charge in [-0.15, -0.1) is 0 Å². The van der Waals surface area contributed by atoms with Gasteiger partial charge in [0.15, 0.2) is 0 Å². The monoisotopic (exact) mass is 295 g/mol. The molecule has 0 atom stereocenters. The lowest BCUT2D eigenvalue weighted by atomic mass is 10.0. The van der Waals surface area contributed by atoms with E-state index in [2.05, 4.69) is 20.8 Å². The zero-order chi connectivity index (χ0) is 15.6. The lowest BCUT2D eigenvalue weighted by molar-refractivity contribution is 0.502. The zero-order valence-corrected chi connectivity index (χ0v) is 15.3. The van der Waals surface area contributed by atoms with E-state index in [-0.39, 0.29) is 0 Å². The molecule has 0 aromatic rings.